The number of carbonyl (C=O) groups is 1. The van der Waals surface area contributed by atoms with Crippen LogP contribution in [0.1, 0.15) is 60.8 Å². The first-order valence-corrected chi connectivity index (χ1v) is 7.41. The molecule has 0 saturated carbocycles. The Morgan fingerprint density at radius 3 is 2.33 bits per heavy atom. The van der Waals surface area contributed by atoms with E-state index in [1.165, 1.54) is 0 Å². The Hall–Kier alpha value is -0.690. The predicted molar refractivity (Wildman–Crippen MR) is 76.0 cm³/mol. The van der Waals surface area contributed by atoms with Crippen LogP contribution in [0, 0.1) is 5.41 Å². The van der Waals surface area contributed by atoms with E-state index in [0.29, 0.717) is 13.2 Å². The van der Waals surface area contributed by atoms with Crippen LogP contribution in [0.25, 0.3) is 0 Å². The lowest BCUT2D eigenvalue weighted by Crippen LogP contribution is -2.42. The van der Waals surface area contributed by atoms with Gasteiger partial charge in [-0.2, -0.15) is 9.78 Å². The summed E-state index contributed by atoms with van der Waals surface area (Å²) in [5.74, 6) is -1.77. The molecule has 0 aromatic heterocycles. The molecule has 1 unspecified atom stereocenters. The van der Waals surface area contributed by atoms with Crippen LogP contribution in [0.3, 0.4) is 0 Å². The van der Waals surface area contributed by atoms with Crippen molar-refractivity contribution in [1.29, 1.82) is 0 Å². The van der Waals surface area contributed by atoms with Crippen molar-refractivity contribution in [3.05, 3.63) is 0 Å². The average Bonchev–Trinajstić information content (AvgIpc) is 2.34. The number of hydrogen-bond donors (Lipinski definition) is 0. The van der Waals surface area contributed by atoms with Gasteiger partial charge in [0.25, 0.3) is 0 Å². The summed E-state index contributed by atoms with van der Waals surface area (Å²) in [6.07, 6.45) is 1.59. The molecular weight excluding hydrogens is 276 g/mol. The van der Waals surface area contributed by atoms with Gasteiger partial charge in [-0.05, 0) is 46.0 Å². The molecule has 1 rings (SSSR count). The van der Waals surface area contributed by atoms with Crippen molar-refractivity contribution in [2.24, 2.45) is 5.41 Å². The number of rotatable bonds is 3. The summed E-state index contributed by atoms with van der Waals surface area (Å²) in [6.45, 7) is 12.1. The van der Waals surface area contributed by atoms with Gasteiger partial charge in [0.1, 0.15) is 6.42 Å². The first kappa shape index (κ1) is 18.4. The van der Waals surface area contributed by atoms with E-state index in [0.717, 1.165) is 12.8 Å². The van der Waals surface area contributed by atoms with Crippen molar-refractivity contribution < 1.29 is 29.1 Å². The molecule has 0 aliphatic carbocycles. The summed E-state index contributed by atoms with van der Waals surface area (Å²) < 4.78 is 4.92. The van der Waals surface area contributed by atoms with E-state index in [1.807, 2.05) is 13.8 Å². The van der Waals surface area contributed by atoms with E-state index in [9.17, 15) is 4.79 Å². The topological polar surface area (TPSA) is 63.2 Å². The predicted octanol–water partition coefficient (Wildman–Crippen LogP) is 3.15. The molecule has 1 atom stereocenters. The fraction of sp³-hybridized carbons (Fsp3) is 0.933. The molecular formula is C15H28O6. The largest absolute Gasteiger partial charge is 0.466 e. The van der Waals surface area contributed by atoms with Gasteiger partial charge in [-0.3, -0.25) is 4.79 Å². The normalized spacial score (nSPS) is 29.6. The van der Waals surface area contributed by atoms with E-state index in [1.54, 1.807) is 13.8 Å². The Bertz CT molecular complexity index is 352. The molecule has 0 radical (unpaired) electrons. The summed E-state index contributed by atoms with van der Waals surface area (Å²) in [5, 5.41) is 0. The van der Waals surface area contributed by atoms with E-state index in [2.05, 4.69) is 13.8 Å². The maximum atomic E-state index is 11.7. The Labute approximate surface area is 126 Å². The number of carbonyl (C=O) groups excluding carboxylic acids is 1. The van der Waals surface area contributed by atoms with E-state index in [-0.39, 0.29) is 11.8 Å². The Morgan fingerprint density at radius 1 is 1.05 bits per heavy atom. The second kappa shape index (κ2) is 7.05. The molecule has 0 N–H and O–H groups in total. The van der Waals surface area contributed by atoms with Crippen molar-refractivity contribution in [3.8, 4) is 0 Å². The van der Waals surface area contributed by atoms with E-state index < -0.39 is 17.4 Å². The van der Waals surface area contributed by atoms with Gasteiger partial charge in [0, 0.05) is 0 Å². The maximum absolute atomic E-state index is 11.7. The summed E-state index contributed by atoms with van der Waals surface area (Å²) in [6, 6.07) is 0. The summed E-state index contributed by atoms with van der Waals surface area (Å²) in [4.78, 5) is 33.1. The minimum absolute atomic E-state index is 0.0528. The molecule has 1 aliphatic heterocycles. The van der Waals surface area contributed by atoms with Crippen LogP contribution in [-0.4, -0.2) is 30.6 Å². The van der Waals surface area contributed by atoms with Gasteiger partial charge in [0.05, 0.1) is 18.8 Å². The molecule has 1 heterocycles. The number of esters is 1. The minimum Gasteiger partial charge on any atom is -0.466 e. The zero-order valence-electron chi connectivity index (χ0n) is 14.0. The molecule has 0 amide bonds. The Balaban J connectivity index is 2.77. The zero-order valence-corrected chi connectivity index (χ0v) is 14.0. The first-order valence-electron chi connectivity index (χ1n) is 7.41. The second-order valence-corrected chi connectivity index (χ2v) is 7.05. The molecule has 124 valence electrons. The van der Waals surface area contributed by atoms with Gasteiger partial charge in [-0.15, -0.1) is 0 Å². The van der Waals surface area contributed by atoms with Crippen molar-refractivity contribution in [2.75, 3.05) is 13.2 Å². The van der Waals surface area contributed by atoms with E-state index >= 15 is 0 Å². The lowest BCUT2D eigenvalue weighted by atomic mass is 9.85. The van der Waals surface area contributed by atoms with Crippen molar-refractivity contribution >= 4 is 5.97 Å². The molecule has 0 aromatic carbocycles. The summed E-state index contributed by atoms with van der Waals surface area (Å²) in [5.41, 5.74) is -0.531. The molecule has 21 heavy (non-hydrogen) atoms. The lowest BCUT2D eigenvalue weighted by molar-refractivity contribution is -0.529. The molecule has 0 bridgehead atoms. The quantitative estimate of drug-likeness (QED) is 0.589. The van der Waals surface area contributed by atoms with Gasteiger partial charge in [-0.1, -0.05) is 13.8 Å². The molecule has 0 spiro atoms. The number of ether oxygens (including phenoxy) is 1. The third-order valence-corrected chi connectivity index (χ3v) is 3.30. The molecule has 1 fully saturated rings. The fourth-order valence-corrected chi connectivity index (χ4v) is 1.81. The monoisotopic (exact) mass is 304 g/mol. The fourth-order valence-electron chi connectivity index (χ4n) is 1.81. The van der Waals surface area contributed by atoms with Crippen molar-refractivity contribution in [3.63, 3.8) is 0 Å². The minimum atomic E-state index is -1.34. The van der Waals surface area contributed by atoms with Gasteiger partial charge in [-0.25, -0.2) is 9.78 Å². The van der Waals surface area contributed by atoms with Crippen LogP contribution in [0.4, 0.5) is 0 Å². The highest BCUT2D eigenvalue weighted by molar-refractivity contribution is 5.70. The Kier molecular flexibility index (Phi) is 6.16. The summed E-state index contributed by atoms with van der Waals surface area (Å²) >= 11 is 0. The SMILES string of the molecule is CCOC(=O)CC1(C)OOCC(C)(C)CCC(C)(C)OO1. The third-order valence-electron chi connectivity index (χ3n) is 3.30. The van der Waals surface area contributed by atoms with Crippen LogP contribution in [0.2, 0.25) is 0 Å². The number of hydrogen-bond acceptors (Lipinski definition) is 6. The molecule has 1 aliphatic rings. The van der Waals surface area contributed by atoms with Crippen LogP contribution in [0.5, 0.6) is 0 Å². The van der Waals surface area contributed by atoms with Gasteiger partial charge in [0.15, 0.2) is 0 Å². The van der Waals surface area contributed by atoms with Crippen molar-refractivity contribution in [2.45, 2.75) is 72.2 Å². The Morgan fingerprint density at radius 2 is 1.71 bits per heavy atom. The smallest absolute Gasteiger partial charge is 0.311 e. The standard InChI is InChI=1S/C15H28O6/c1-7-17-12(16)10-15(6)20-18-11-13(2,3)8-9-14(4,5)19-21-15/h7-11H2,1-6H3. The highest BCUT2D eigenvalue weighted by atomic mass is 17.3. The maximum Gasteiger partial charge on any atom is 0.311 e. The van der Waals surface area contributed by atoms with Crippen LogP contribution < -0.4 is 0 Å². The van der Waals surface area contributed by atoms with Crippen molar-refractivity contribution in [1.82, 2.24) is 0 Å². The van der Waals surface area contributed by atoms with Gasteiger partial charge >= 0.3 is 5.97 Å². The van der Waals surface area contributed by atoms with Crippen LogP contribution >= 0.6 is 0 Å². The lowest BCUT2D eigenvalue weighted by Gasteiger charge is -2.36. The van der Waals surface area contributed by atoms with Gasteiger partial charge < -0.3 is 4.74 Å². The molecule has 6 nitrogen and oxygen atoms in total. The molecule has 0 aromatic rings. The highest BCUT2D eigenvalue weighted by Gasteiger charge is 2.38. The third kappa shape index (κ3) is 6.74. The second-order valence-electron chi connectivity index (χ2n) is 7.05. The zero-order chi connectivity index (χ0) is 16.1. The average molecular weight is 304 g/mol. The van der Waals surface area contributed by atoms with Crippen LogP contribution in [-0.2, 0) is 29.1 Å². The van der Waals surface area contributed by atoms with Gasteiger partial charge in [0.2, 0.25) is 5.79 Å². The first-order chi connectivity index (χ1) is 9.58. The van der Waals surface area contributed by atoms with Crippen LogP contribution in [0.15, 0.2) is 0 Å². The molecule has 6 heteroatoms. The highest BCUT2D eigenvalue weighted by Crippen LogP contribution is 2.33. The summed E-state index contributed by atoms with van der Waals surface area (Å²) in [7, 11) is 0. The van der Waals surface area contributed by atoms with E-state index in [4.69, 9.17) is 24.3 Å². The molecule has 1 saturated heterocycles.